The van der Waals surface area contributed by atoms with Crippen LogP contribution in [0.15, 0.2) is 30.3 Å². The fourth-order valence-corrected chi connectivity index (χ4v) is 4.50. The largest absolute Gasteiger partial charge is 0.480 e. The first kappa shape index (κ1) is 17.7. The summed E-state index contributed by atoms with van der Waals surface area (Å²) in [5, 5.41) is 9.25. The Bertz CT molecular complexity index is 581. The third-order valence-electron chi connectivity index (χ3n) is 3.60. The Balaban J connectivity index is 3.02. The molecule has 118 valence electrons. The van der Waals surface area contributed by atoms with Gasteiger partial charge in [0, 0.05) is 6.54 Å². The Hall–Kier alpha value is -1.40. The van der Waals surface area contributed by atoms with Crippen LogP contribution in [0.3, 0.4) is 0 Å². The van der Waals surface area contributed by atoms with E-state index in [1.54, 1.807) is 6.92 Å². The van der Waals surface area contributed by atoms with Crippen molar-refractivity contribution in [1.82, 2.24) is 4.31 Å². The van der Waals surface area contributed by atoms with Crippen LogP contribution in [0, 0.1) is 0 Å². The molecular weight excluding hydrogens is 290 g/mol. The van der Waals surface area contributed by atoms with E-state index in [1.807, 2.05) is 37.3 Å². The molecule has 1 aromatic rings. The molecule has 0 aliphatic rings. The van der Waals surface area contributed by atoms with Crippen molar-refractivity contribution in [3.8, 4) is 0 Å². The Morgan fingerprint density at radius 2 is 1.81 bits per heavy atom. The molecule has 0 spiro atoms. The molecular formula is C15H23NO4S. The first-order valence-electron chi connectivity index (χ1n) is 6.91. The second kappa shape index (κ2) is 6.58. The maximum Gasteiger partial charge on any atom is 0.324 e. The molecule has 0 bridgehead atoms. The Morgan fingerprint density at radius 3 is 2.24 bits per heavy atom. The highest BCUT2D eigenvalue weighted by Gasteiger charge is 2.41. The van der Waals surface area contributed by atoms with Gasteiger partial charge in [-0.2, -0.15) is 4.31 Å². The fraction of sp³-hybridized carbons (Fsp3) is 0.533. The smallest absolute Gasteiger partial charge is 0.324 e. The summed E-state index contributed by atoms with van der Waals surface area (Å²) in [6.45, 7) is 6.42. The van der Waals surface area contributed by atoms with E-state index in [2.05, 4.69) is 0 Å². The van der Waals surface area contributed by atoms with E-state index in [0.717, 1.165) is 9.87 Å². The van der Waals surface area contributed by atoms with E-state index in [-0.39, 0.29) is 18.2 Å². The average Bonchev–Trinajstić information content (AvgIpc) is 2.38. The Kier molecular flexibility index (Phi) is 5.53. The van der Waals surface area contributed by atoms with Crippen molar-refractivity contribution in [2.24, 2.45) is 0 Å². The highest BCUT2D eigenvalue weighted by Crippen LogP contribution is 2.24. The highest BCUT2D eigenvalue weighted by molar-refractivity contribution is 7.89. The van der Waals surface area contributed by atoms with Crippen molar-refractivity contribution in [3.05, 3.63) is 35.9 Å². The number of sulfonamides is 1. The van der Waals surface area contributed by atoms with Crippen molar-refractivity contribution in [2.75, 3.05) is 12.3 Å². The van der Waals surface area contributed by atoms with Crippen LogP contribution in [0.5, 0.6) is 0 Å². The summed E-state index contributed by atoms with van der Waals surface area (Å²) in [5.74, 6) is -1.46. The van der Waals surface area contributed by atoms with Gasteiger partial charge in [-0.15, -0.1) is 0 Å². The van der Waals surface area contributed by atoms with Crippen molar-refractivity contribution in [2.45, 2.75) is 39.2 Å². The lowest BCUT2D eigenvalue weighted by Gasteiger charge is -2.33. The van der Waals surface area contributed by atoms with Gasteiger partial charge in [-0.1, -0.05) is 44.2 Å². The third-order valence-corrected chi connectivity index (χ3v) is 5.91. The maximum atomic E-state index is 12.6. The topological polar surface area (TPSA) is 74.7 Å². The molecule has 5 nitrogen and oxygen atoms in total. The second-order valence-electron chi connectivity index (χ2n) is 5.62. The van der Waals surface area contributed by atoms with Crippen molar-refractivity contribution in [3.63, 3.8) is 0 Å². The highest BCUT2D eigenvalue weighted by atomic mass is 32.2. The number of hydrogen-bond acceptors (Lipinski definition) is 3. The number of carboxylic acid groups (broad SMARTS) is 1. The molecule has 0 aliphatic carbocycles. The van der Waals surface area contributed by atoms with Crippen LogP contribution < -0.4 is 0 Å². The molecule has 0 fully saturated rings. The van der Waals surface area contributed by atoms with Crippen LogP contribution in [0.2, 0.25) is 0 Å². The molecule has 6 heteroatoms. The minimum atomic E-state index is -3.67. The number of rotatable bonds is 7. The lowest BCUT2D eigenvalue weighted by molar-refractivity contribution is -0.146. The molecule has 1 N–H and O–H groups in total. The van der Waals surface area contributed by atoms with Gasteiger partial charge in [-0.25, -0.2) is 8.42 Å². The first-order valence-corrected chi connectivity index (χ1v) is 8.52. The zero-order valence-electron chi connectivity index (χ0n) is 12.9. The SMILES string of the molecule is CCN(C(C)(C)C(=O)O)S(=O)(=O)CC(C)c1ccccc1. The van der Waals surface area contributed by atoms with Gasteiger partial charge in [0.1, 0.15) is 5.54 Å². The van der Waals surface area contributed by atoms with Gasteiger partial charge in [0.2, 0.25) is 10.0 Å². The minimum Gasteiger partial charge on any atom is -0.480 e. The standard InChI is InChI=1S/C15H23NO4S/c1-5-16(15(3,4)14(17)18)21(19,20)11-12(2)13-9-7-6-8-10-13/h6-10,12H,5,11H2,1-4H3,(H,17,18). The normalized spacial score (nSPS) is 14.1. The molecule has 21 heavy (non-hydrogen) atoms. The average molecular weight is 313 g/mol. The number of likely N-dealkylation sites (N-methyl/N-ethyl adjacent to an activating group) is 1. The Labute approximate surface area is 126 Å². The van der Waals surface area contributed by atoms with E-state index in [0.29, 0.717) is 0 Å². The lowest BCUT2D eigenvalue weighted by atomic mass is 10.0. The quantitative estimate of drug-likeness (QED) is 0.838. The molecule has 1 aromatic carbocycles. The van der Waals surface area contributed by atoms with E-state index >= 15 is 0 Å². The van der Waals surface area contributed by atoms with E-state index in [9.17, 15) is 18.3 Å². The molecule has 0 aliphatic heterocycles. The van der Waals surface area contributed by atoms with Crippen LogP contribution in [0.25, 0.3) is 0 Å². The van der Waals surface area contributed by atoms with Gasteiger partial charge in [-0.3, -0.25) is 4.79 Å². The summed E-state index contributed by atoms with van der Waals surface area (Å²) in [7, 11) is -3.67. The van der Waals surface area contributed by atoms with Crippen LogP contribution in [0.1, 0.15) is 39.2 Å². The predicted molar refractivity (Wildman–Crippen MR) is 82.7 cm³/mol. The second-order valence-corrected chi connectivity index (χ2v) is 7.56. The summed E-state index contributed by atoms with van der Waals surface area (Å²) in [5.41, 5.74) is -0.533. The monoisotopic (exact) mass is 313 g/mol. The number of carbonyl (C=O) groups is 1. The molecule has 0 radical (unpaired) electrons. The summed E-state index contributed by atoms with van der Waals surface area (Å²) in [4.78, 5) is 11.3. The number of carboxylic acids is 1. The molecule has 0 aromatic heterocycles. The number of aliphatic carboxylic acids is 1. The van der Waals surface area contributed by atoms with Crippen LogP contribution in [-0.4, -0.2) is 41.6 Å². The van der Waals surface area contributed by atoms with Gasteiger partial charge >= 0.3 is 5.97 Å². The van der Waals surface area contributed by atoms with Gasteiger partial charge in [0.15, 0.2) is 0 Å². The van der Waals surface area contributed by atoms with Crippen molar-refractivity contribution >= 4 is 16.0 Å². The van der Waals surface area contributed by atoms with E-state index in [4.69, 9.17) is 0 Å². The molecule has 0 amide bonds. The van der Waals surface area contributed by atoms with Crippen molar-refractivity contribution < 1.29 is 18.3 Å². The molecule has 1 atom stereocenters. The van der Waals surface area contributed by atoms with E-state index < -0.39 is 21.5 Å². The predicted octanol–water partition coefficient (Wildman–Crippen LogP) is 2.30. The molecule has 1 rings (SSSR count). The third kappa shape index (κ3) is 4.04. The first-order chi connectivity index (χ1) is 9.63. The van der Waals surface area contributed by atoms with Gasteiger partial charge in [-0.05, 0) is 25.3 Å². The minimum absolute atomic E-state index is 0.110. The lowest BCUT2D eigenvalue weighted by Crippen LogP contribution is -2.53. The van der Waals surface area contributed by atoms with Crippen LogP contribution in [-0.2, 0) is 14.8 Å². The summed E-state index contributed by atoms with van der Waals surface area (Å²) in [6.07, 6.45) is 0. The number of hydrogen-bond donors (Lipinski definition) is 1. The zero-order valence-corrected chi connectivity index (χ0v) is 13.7. The fourth-order valence-electron chi connectivity index (χ4n) is 2.33. The van der Waals surface area contributed by atoms with Crippen LogP contribution in [0.4, 0.5) is 0 Å². The molecule has 0 heterocycles. The van der Waals surface area contributed by atoms with E-state index in [1.165, 1.54) is 13.8 Å². The number of nitrogens with zero attached hydrogens (tertiary/aromatic N) is 1. The maximum absolute atomic E-state index is 12.6. The summed E-state index contributed by atoms with van der Waals surface area (Å²) in [6, 6.07) is 9.34. The zero-order chi connectivity index (χ0) is 16.3. The number of benzene rings is 1. The summed E-state index contributed by atoms with van der Waals surface area (Å²) >= 11 is 0. The Morgan fingerprint density at radius 1 is 1.29 bits per heavy atom. The summed E-state index contributed by atoms with van der Waals surface area (Å²) < 4.78 is 26.2. The van der Waals surface area contributed by atoms with Crippen molar-refractivity contribution in [1.29, 1.82) is 0 Å². The van der Waals surface area contributed by atoms with Gasteiger partial charge < -0.3 is 5.11 Å². The molecule has 0 saturated carbocycles. The van der Waals surface area contributed by atoms with Gasteiger partial charge in [0.25, 0.3) is 0 Å². The molecule has 0 saturated heterocycles. The van der Waals surface area contributed by atoms with Gasteiger partial charge in [0.05, 0.1) is 5.75 Å². The molecule has 1 unspecified atom stereocenters. The van der Waals surface area contributed by atoms with Crippen LogP contribution >= 0.6 is 0 Å².